The first-order valence-corrected chi connectivity index (χ1v) is 8.18. The Balaban J connectivity index is 0.00000625. The lowest BCUT2D eigenvalue weighted by atomic mass is 10.1. The molecule has 0 fully saturated rings. The Hall–Kier alpha value is -1.55. The van der Waals surface area contributed by atoms with Gasteiger partial charge < -0.3 is 25.0 Å². The molecule has 0 heterocycles. The zero-order valence-electron chi connectivity index (χ0n) is 16.5. The molecule has 26 heavy (non-hydrogen) atoms. The second-order valence-electron chi connectivity index (χ2n) is 6.47. The van der Waals surface area contributed by atoms with E-state index in [4.69, 9.17) is 9.47 Å². The summed E-state index contributed by atoms with van der Waals surface area (Å²) in [7, 11) is 6.75. The van der Waals surface area contributed by atoms with Crippen LogP contribution in [0.25, 0.3) is 0 Å². The number of carbonyl (C=O) groups is 1. The number of methoxy groups -OCH3 is 2. The highest BCUT2D eigenvalue weighted by molar-refractivity contribution is 14.0. The fourth-order valence-electron chi connectivity index (χ4n) is 1.76. The van der Waals surface area contributed by atoms with Crippen molar-refractivity contribution in [1.82, 2.24) is 15.5 Å². The molecule has 148 valence electrons. The third-order valence-electron chi connectivity index (χ3n) is 3.72. The summed E-state index contributed by atoms with van der Waals surface area (Å²) in [6, 6.07) is 7.72. The molecule has 1 rings (SSSR count). The Bertz CT molecular complexity index is 574. The number of benzene rings is 1. The van der Waals surface area contributed by atoms with Crippen molar-refractivity contribution in [3.8, 4) is 5.75 Å². The summed E-state index contributed by atoms with van der Waals surface area (Å²) in [4.78, 5) is 17.9. The molecule has 0 radical (unpaired) electrons. The second kappa shape index (κ2) is 11.9. The standard InChI is InChI=1S/C18H30N4O3.HI/c1-18(2,25-6)13-21-17(20-12-16(23)22(3)4)19-11-14-7-9-15(24-5)10-8-14;/h7-10H,11-13H2,1-6H3,(H2,19,20,21);1H. The van der Waals surface area contributed by atoms with Gasteiger partial charge in [0.25, 0.3) is 0 Å². The van der Waals surface area contributed by atoms with Crippen molar-refractivity contribution >= 4 is 35.8 Å². The molecule has 7 nitrogen and oxygen atoms in total. The smallest absolute Gasteiger partial charge is 0.241 e. The number of carbonyl (C=O) groups excluding carboxylic acids is 1. The normalized spacial score (nSPS) is 11.4. The molecule has 0 aliphatic heterocycles. The first-order chi connectivity index (χ1) is 11.8. The van der Waals surface area contributed by atoms with Gasteiger partial charge in [-0.1, -0.05) is 12.1 Å². The summed E-state index contributed by atoms with van der Waals surface area (Å²) in [5, 5.41) is 6.27. The SMILES string of the molecule is COc1ccc(CN=C(NCC(=O)N(C)C)NCC(C)(C)OC)cc1.I. The minimum atomic E-state index is -0.339. The largest absolute Gasteiger partial charge is 0.497 e. The van der Waals surface area contributed by atoms with Crippen molar-refractivity contribution in [2.45, 2.75) is 26.0 Å². The van der Waals surface area contributed by atoms with Gasteiger partial charge in [-0.25, -0.2) is 4.99 Å². The quantitative estimate of drug-likeness (QED) is 0.339. The lowest BCUT2D eigenvalue weighted by Gasteiger charge is -2.24. The van der Waals surface area contributed by atoms with Crippen molar-refractivity contribution in [1.29, 1.82) is 0 Å². The van der Waals surface area contributed by atoms with E-state index in [1.54, 1.807) is 28.3 Å². The number of halogens is 1. The predicted molar refractivity (Wildman–Crippen MR) is 115 cm³/mol. The highest BCUT2D eigenvalue weighted by atomic mass is 127. The number of amides is 1. The first-order valence-electron chi connectivity index (χ1n) is 8.18. The molecule has 1 aromatic carbocycles. The molecule has 0 atom stereocenters. The van der Waals surface area contributed by atoms with Crippen molar-refractivity contribution in [3.05, 3.63) is 29.8 Å². The van der Waals surface area contributed by atoms with Crippen LogP contribution in [0.4, 0.5) is 0 Å². The number of likely N-dealkylation sites (N-methyl/N-ethyl adjacent to an activating group) is 1. The van der Waals surface area contributed by atoms with Gasteiger partial charge in [-0.05, 0) is 31.5 Å². The van der Waals surface area contributed by atoms with Gasteiger partial charge in [0, 0.05) is 27.7 Å². The highest BCUT2D eigenvalue weighted by Gasteiger charge is 2.17. The van der Waals surface area contributed by atoms with E-state index >= 15 is 0 Å². The van der Waals surface area contributed by atoms with Gasteiger partial charge in [0.2, 0.25) is 5.91 Å². The van der Waals surface area contributed by atoms with Gasteiger partial charge in [0.05, 0.1) is 25.8 Å². The molecule has 0 aromatic heterocycles. The van der Waals surface area contributed by atoms with Crippen LogP contribution in [0, 0.1) is 0 Å². The Morgan fingerprint density at radius 1 is 1.15 bits per heavy atom. The van der Waals surface area contributed by atoms with Crippen LogP contribution in [0.3, 0.4) is 0 Å². The molecule has 0 unspecified atom stereocenters. The summed E-state index contributed by atoms with van der Waals surface area (Å²) in [6.07, 6.45) is 0. The summed E-state index contributed by atoms with van der Waals surface area (Å²) in [5.74, 6) is 1.35. The van der Waals surface area contributed by atoms with Crippen LogP contribution >= 0.6 is 24.0 Å². The van der Waals surface area contributed by atoms with Crippen LogP contribution in [-0.4, -0.2) is 63.8 Å². The van der Waals surface area contributed by atoms with Crippen LogP contribution in [0.2, 0.25) is 0 Å². The van der Waals surface area contributed by atoms with Gasteiger partial charge in [0.1, 0.15) is 5.75 Å². The molecule has 1 amide bonds. The number of nitrogens with one attached hydrogen (secondary N) is 2. The van der Waals surface area contributed by atoms with E-state index in [0.717, 1.165) is 11.3 Å². The molecule has 0 saturated carbocycles. The van der Waals surface area contributed by atoms with Crippen LogP contribution in [0.1, 0.15) is 19.4 Å². The van der Waals surface area contributed by atoms with E-state index in [0.29, 0.717) is 19.0 Å². The number of guanidine groups is 1. The summed E-state index contributed by atoms with van der Waals surface area (Å²) >= 11 is 0. The Morgan fingerprint density at radius 3 is 2.27 bits per heavy atom. The van der Waals surface area contributed by atoms with E-state index in [1.165, 1.54) is 4.90 Å². The van der Waals surface area contributed by atoms with E-state index in [-0.39, 0.29) is 42.0 Å². The van der Waals surface area contributed by atoms with Crippen LogP contribution in [0.15, 0.2) is 29.3 Å². The molecule has 1 aromatic rings. The fraction of sp³-hybridized carbons (Fsp3) is 0.556. The molecular weight excluding hydrogens is 447 g/mol. The number of hydrogen-bond acceptors (Lipinski definition) is 4. The topological polar surface area (TPSA) is 75.2 Å². The van der Waals surface area contributed by atoms with Crippen molar-refractivity contribution in [2.75, 3.05) is 41.4 Å². The third-order valence-corrected chi connectivity index (χ3v) is 3.72. The van der Waals surface area contributed by atoms with E-state index < -0.39 is 0 Å². The van der Waals surface area contributed by atoms with Crippen molar-refractivity contribution in [2.24, 2.45) is 4.99 Å². The molecule has 2 N–H and O–H groups in total. The number of aliphatic imine (C=N–C) groups is 1. The summed E-state index contributed by atoms with van der Waals surface area (Å²) in [5.41, 5.74) is 0.709. The minimum Gasteiger partial charge on any atom is -0.497 e. The average Bonchev–Trinajstić information content (AvgIpc) is 2.61. The molecule has 0 spiro atoms. The lowest BCUT2D eigenvalue weighted by Crippen LogP contribution is -2.47. The lowest BCUT2D eigenvalue weighted by molar-refractivity contribution is -0.127. The van der Waals surface area contributed by atoms with E-state index in [1.807, 2.05) is 38.1 Å². The molecule has 0 aliphatic rings. The molecular formula is C18H31IN4O3. The van der Waals surface area contributed by atoms with Crippen molar-refractivity contribution in [3.63, 3.8) is 0 Å². The maximum Gasteiger partial charge on any atom is 0.241 e. The molecule has 0 saturated heterocycles. The van der Waals surface area contributed by atoms with Crippen LogP contribution in [0.5, 0.6) is 5.75 Å². The van der Waals surface area contributed by atoms with Gasteiger partial charge in [-0.2, -0.15) is 0 Å². The van der Waals surface area contributed by atoms with Crippen LogP contribution in [-0.2, 0) is 16.1 Å². The van der Waals surface area contributed by atoms with E-state index in [2.05, 4.69) is 15.6 Å². The fourth-order valence-corrected chi connectivity index (χ4v) is 1.76. The van der Waals surface area contributed by atoms with Gasteiger partial charge >= 0.3 is 0 Å². The molecule has 0 aliphatic carbocycles. The first kappa shape index (κ1) is 24.5. The number of rotatable bonds is 8. The zero-order chi connectivity index (χ0) is 18.9. The number of ether oxygens (including phenoxy) is 2. The zero-order valence-corrected chi connectivity index (χ0v) is 18.8. The predicted octanol–water partition coefficient (Wildman–Crippen LogP) is 1.86. The maximum atomic E-state index is 11.8. The number of nitrogens with zero attached hydrogens (tertiary/aromatic N) is 2. The monoisotopic (exact) mass is 478 g/mol. The maximum absolute atomic E-state index is 11.8. The van der Waals surface area contributed by atoms with Gasteiger partial charge in [-0.15, -0.1) is 24.0 Å². The third kappa shape index (κ3) is 9.23. The van der Waals surface area contributed by atoms with Gasteiger partial charge in [0.15, 0.2) is 5.96 Å². The molecule has 8 heteroatoms. The Morgan fingerprint density at radius 2 is 1.77 bits per heavy atom. The second-order valence-corrected chi connectivity index (χ2v) is 6.47. The highest BCUT2D eigenvalue weighted by Crippen LogP contribution is 2.12. The van der Waals surface area contributed by atoms with Gasteiger partial charge in [-0.3, -0.25) is 4.79 Å². The average molecular weight is 478 g/mol. The number of hydrogen-bond donors (Lipinski definition) is 2. The minimum absolute atomic E-state index is 0. The Kier molecular flexibility index (Phi) is 11.2. The van der Waals surface area contributed by atoms with E-state index in [9.17, 15) is 4.79 Å². The van der Waals surface area contributed by atoms with Crippen LogP contribution < -0.4 is 15.4 Å². The summed E-state index contributed by atoms with van der Waals surface area (Å²) in [6.45, 7) is 5.18. The van der Waals surface area contributed by atoms with Crippen molar-refractivity contribution < 1.29 is 14.3 Å². The molecule has 0 bridgehead atoms. The summed E-state index contributed by atoms with van der Waals surface area (Å²) < 4.78 is 10.6. The Labute approximate surface area is 173 Å².